The van der Waals surface area contributed by atoms with Crippen molar-refractivity contribution in [1.29, 1.82) is 0 Å². The van der Waals surface area contributed by atoms with Crippen LogP contribution in [0.4, 0.5) is 0 Å². The highest BCUT2D eigenvalue weighted by atomic mass is 32.2. The molecule has 1 aliphatic heterocycles. The molecule has 2 heterocycles. The molecule has 1 saturated heterocycles. The van der Waals surface area contributed by atoms with E-state index in [1.807, 2.05) is 13.8 Å². The van der Waals surface area contributed by atoms with Crippen LogP contribution in [0.3, 0.4) is 0 Å². The number of aromatic amines is 1. The van der Waals surface area contributed by atoms with Gasteiger partial charge in [-0.05, 0) is 26.0 Å². The maximum atomic E-state index is 12.8. The number of nitrogens with one attached hydrogen (secondary N) is 1. The van der Waals surface area contributed by atoms with Crippen molar-refractivity contribution in [3.05, 3.63) is 42.2 Å². The first-order valence-corrected chi connectivity index (χ1v) is 9.09. The molecule has 1 aliphatic rings. The minimum Gasteiger partial charge on any atom is -0.329 e. The van der Waals surface area contributed by atoms with Gasteiger partial charge in [-0.3, -0.25) is 9.89 Å². The average molecular weight is 349 g/mol. The Bertz CT molecular complexity index is 795. The van der Waals surface area contributed by atoms with Crippen molar-refractivity contribution in [2.45, 2.75) is 30.8 Å². The fourth-order valence-corrected chi connectivity index (χ4v) is 4.67. The molecule has 128 valence electrons. The van der Waals surface area contributed by atoms with E-state index in [1.165, 1.54) is 10.5 Å². The first kappa shape index (κ1) is 16.6. The van der Waals surface area contributed by atoms with Crippen LogP contribution >= 0.6 is 0 Å². The topological polar surface area (TPSA) is 99.3 Å². The Morgan fingerprint density at radius 1 is 1.17 bits per heavy atom. The van der Waals surface area contributed by atoms with Crippen LogP contribution in [0.25, 0.3) is 0 Å². The second-order valence-corrected chi connectivity index (χ2v) is 7.84. The summed E-state index contributed by atoms with van der Waals surface area (Å²) in [6.07, 6.45) is 1.44. The van der Waals surface area contributed by atoms with Crippen LogP contribution < -0.4 is 0 Å². The molecule has 0 radical (unpaired) electrons. The largest absolute Gasteiger partial charge is 0.329 e. The van der Waals surface area contributed by atoms with Crippen molar-refractivity contribution in [2.75, 3.05) is 13.1 Å². The van der Waals surface area contributed by atoms with E-state index < -0.39 is 10.0 Å². The Morgan fingerprint density at radius 2 is 1.79 bits per heavy atom. The summed E-state index contributed by atoms with van der Waals surface area (Å²) >= 11 is 0. The quantitative estimate of drug-likeness (QED) is 0.880. The van der Waals surface area contributed by atoms with Gasteiger partial charge in [0.05, 0.1) is 11.1 Å². The highest BCUT2D eigenvalue weighted by molar-refractivity contribution is 7.89. The number of nitrogens with zero attached hydrogens (tertiary/aromatic N) is 4. The second-order valence-electron chi connectivity index (χ2n) is 5.90. The van der Waals surface area contributed by atoms with Crippen molar-refractivity contribution in [2.24, 2.45) is 0 Å². The molecule has 24 heavy (non-hydrogen) atoms. The molecular formula is C15H19N5O3S. The van der Waals surface area contributed by atoms with Crippen LogP contribution in [0.2, 0.25) is 0 Å². The summed E-state index contributed by atoms with van der Waals surface area (Å²) in [4.78, 5) is 14.5. The summed E-state index contributed by atoms with van der Waals surface area (Å²) in [6, 6.07) is 7.80. The van der Waals surface area contributed by atoms with Gasteiger partial charge in [0.25, 0.3) is 5.91 Å². The molecule has 0 aliphatic carbocycles. The van der Waals surface area contributed by atoms with Crippen LogP contribution in [0, 0.1) is 0 Å². The lowest BCUT2D eigenvalue weighted by molar-refractivity contribution is 0.0435. The van der Waals surface area contributed by atoms with Crippen molar-refractivity contribution in [3.63, 3.8) is 0 Å². The average Bonchev–Trinajstić information content (AvgIpc) is 3.09. The number of rotatable bonds is 3. The van der Waals surface area contributed by atoms with Crippen LogP contribution in [0.5, 0.6) is 0 Å². The summed E-state index contributed by atoms with van der Waals surface area (Å²) in [7, 11) is -3.57. The third-order valence-corrected chi connectivity index (χ3v) is 5.98. The lowest BCUT2D eigenvalue weighted by Crippen LogP contribution is -2.59. The smallest absolute Gasteiger partial charge is 0.276 e. The van der Waals surface area contributed by atoms with Gasteiger partial charge in [0.15, 0.2) is 5.69 Å². The van der Waals surface area contributed by atoms with E-state index in [2.05, 4.69) is 15.4 Å². The van der Waals surface area contributed by atoms with Gasteiger partial charge in [-0.25, -0.2) is 8.42 Å². The van der Waals surface area contributed by atoms with Crippen molar-refractivity contribution in [1.82, 2.24) is 24.6 Å². The summed E-state index contributed by atoms with van der Waals surface area (Å²) < 4.78 is 27.0. The molecule has 1 fully saturated rings. The number of carbonyl (C=O) groups is 1. The van der Waals surface area contributed by atoms with Gasteiger partial charge in [0.1, 0.15) is 0 Å². The maximum absolute atomic E-state index is 12.8. The molecule has 1 N–H and O–H groups in total. The lowest BCUT2D eigenvalue weighted by Gasteiger charge is -2.43. The Hall–Kier alpha value is -2.26. The standard InChI is InChI=1S/C15H19N5O3S/c1-11-9-19(24(22,23)13-6-4-3-5-7-13)10-12(2)20(11)15(21)14-8-16-18-17-14/h3-8,11-12H,9-10H2,1-2H3,(H,16,17,18)/t11-,12+. The third kappa shape index (κ3) is 2.92. The second kappa shape index (κ2) is 6.33. The van der Waals surface area contributed by atoms with Crippen LogP contribution in [-0.4, -0.2) is 64.1 Å². The Kier molecular flexibility index (Phi) is 4.37. The molecule has 1 aromatic heterocycles. The Balaban J connectivity index is 1.82. The van der Waals surface area contributed by atoms with E-state index in [-0.39, 0.29) is 41.7 Å². The number of aromatic nitrogens is 3. The monoisotopic (exact) mass is 349 g/mol. The molecule has 2 aromatic rings. The van der Waals surface area contributed by atoms with E-state index in [0.717, 1.165) is 0 Å². The van der Waals surface area contributed by atoms with Crippen LogP contribution in [0.1, 0.15) is 24.3 Å². The van der Waals surface area contributed by atoms with Crippen molar-refractivity contribution >= 4 is 15.9 Å². The number of piperazine rings is 1. The molecule has 1 amide bonds. The number of amides is 1. The van der Waals surface area contributed by atoms with Crippen molar-refractivity contribution in [3.8, 4) is 0 Å². The predicted octanol–water partition coefficient (Wildman–Crippen LogP) is 0.728. The zero-order chi connectivity index (χ0) is 17.3. The highest BCUT2D eigenvalue weighted by Crippen LogP contribution is 2.24. The van der Waals surface area contributed by atoms with Gasteiger partial charge in [-0.2, -0.15) is 4.31 Å². The molecule has 0 saturated carbocycles. The van der Waals surface area contributed by atoms with E-state index in [1.54, 1.807) is 35.2 Å². The minimum absolute atomic E-state index is 0.230. The lowest BCUT2D eigenvalue weighted by atomic mass is 10.1. The highest BCUT2D eigenvalue weighted by Gasteiger charge is 2.39. The Labute approximate surface area is 140 Å². The van der Waals surface area contributed by atoms with Gasteiger partial charge in [-0.15, -0.1) is 5.10 Å². The van der Waals surface area contributed by atoms with E-state index in [0.29, 0.717) is 0 Å². The number of sulfonamides is 1. The molecule has 3 rings (SSSR count). The Morgan fingerprint density at radius 3 is 2.33 bits per heavy atom. The summed E-state index contributed by atoms with van der Waals surface area (Å²) in [5.41, 5.74) is 0.230. The van der Waals surface area contributed by atoms with E-state index >= 15 is 0 Å². The van der Waals surface area contributed by atoms with Gasteiger partial charge >= 0.3 is 0 Å². The minimum atomic E-state index is -3.57. The maximum Gasteiger partial charge on any atom is 0.276 e. The molecule has 8 nitrogen and oxygen atoms in total. The van der Waals surface area contributed by atoms with Crippen molar-refractivity contribution < 1.29 is 13.2 Å². The summed E-state index contributed by atoms with van der Waals surface area (Å²) in [5, 5.41) is 9.82. The first-order chi connectivity index (χ1) is 11.4. The molecule has 0 bridgehead atoms. The molecule has 1 aromatic carbocycles. The van der Waals surface area contributed by atoms with Crippen LogP contribution in [-0.2, 0) is 10.0 Å². The third-order valence-electron chi connectivity index (χ3n) is 4.14. The SMILES string of the molecule is C[C@@H]1CN(S(=O)(=O)c2ccccc2)C[C@H](C)N1C(=O)c1c[nH]nn1. The van der Waals surface area contributed by atoms with E-state index in [9.17, 15) is 13.2 Å². The molecule has 0 spiro atoms. The fourth-order valence-electron chi connectivity index (χ4n) is 3.05. The van der Waals surface area contributed by atoms with Gasteiger partial charge < -0.3 is 4.90 Å². The number of H-pyrrole nitrogens is 1. The number of benzene rings is 1. The van der Waals surface area contributed by atoms with Gasteiger partial charge in [0, 0.05) is 25.2 Å². The number of hydrogen-bond acceptors (Lipinski definition) is 5. The zero-order valence-corrected chi connectivity index (χ0v) is 14.3. The fraction of sp³-hybridized carbons (Fsp3) is 0.400. The number of carbonyl (C=O) groups excluding carboxylic acids is 1. The number of hydrogen-bond donors (Lipinski definition) is 1. The molecule has 2 atom stereocenters. The van der Waals surface area contributed by atoms with E-state index in [4.69, 9.17) is 0 Å². The first-order valence-electron chi connectivity index (χ1n) is 7.65. The summed E-state index contributed by atoms with van der Waals surface area (Å²) in [6.45, 7) is 4.15. The van der Waals surface area contributed by atoms with Gasteiger partial charge in [-0.1, -0.05) is 23.4 Å². The molecular weight excluding hydrogens is 330 g/mol. The predicted molar refractivity (Wildman–Crippen MR) is 86.7 cm³/mol. The normalized spacial score (nSPS) is 22.5. The van der Waals surface area contributed by atoms with Crippen LogP contribution in [0.15, 0.2) is 41.4 Å². The molecule has 0 unspecified atom stereocenters. The zero-order valence-electron chi connectivity index (χ0n) is 13.5. The van der Waals surface area contributed by atoms with Gasteiger partial charge in [0.2, 0.25) is 10.0 Å². The summed E-state index contributed by atoms with van der Waals surface area (Å²) in [5.74, 6) is -0.250. The molecule has 9 heteroatoms.